The van der Waals surface area contributed by atoms with Crippen molar-refractivity contribution in [2.45, 2.75) is 26.3 Å². The van der Waals surface area contributed by atoms with Gasteiger partial charge in [0, 0.05) is 5.54 Å². The maximum absolute atomic E-state index is 5.66. The van der Waals surface area contributed by atoms with Crippen LogP contribution in [0.4, 0.5) is 5.82 Å². The molecule has 0 bridgehead atoms. The minimum atomic E-state index is -0.0145. The molecular weight excluding hydrogens is 321 g/mol. The van der Waals surface area contributed by atoms with Crippen molar-refractivity contribution in [3.63, 3.8) is 0 Å². The Morgan fingerprint density at radius 2 is 1.25 bits per heavy atom. The van der Waals surface area contributed by atoms with E-state index in [1.165, 1.54) is 18.6 Å². The SMILES string of the molecule is CC(C)(C)Nc1cncc(Cl)n1.Clc1cncc(Cl)n1. The van der Waals surface area contributed by atoms with E-state index in [1.807, 2.05) is 0 Å². The van der Waals surface area contributed by atoms with Crippen LogP contribution < -0.4 is 5.32 Å². The maximum atomic E-state index is 5.66. The highest BCUT2D eigenvalue weighted by molar-refractivity contribution is 6.32. The van der Waals surface area contributed by atoms with Crippen molar-refractivity contribution in [1.82, 2.24) is 19.9 Å². The summed E-state index contributed by atoms with van der Waals surface area (Å²) >= 11 is 16.4. The molecule has 8 heteroatoms. The molecule has 0 aliphatic rings. The first-order chi connectivity index (χ1) is 9.26. The summed E-state index contributed by atoms with van der Waals surface area (Å²) in [4.78, 5) is 15.3. The molecule has 2 rings (SSSR count). The lowest BCUT2D eigenvalue weighted by Gasteiger charge is -2.20. The summed E-state index contributed by atoms with van der Waals surface area (Å²) in [5.41, 5.74) is -0.0145. The van der Waals surface area contributed by atoms with Crippen LogP contribution in [0, 0.1) is 0 Å². The van der Waals surface area contributed by atoms with E-state index in [0.717, 1.165) is 0 Å². The summed E-state index contributed by atoms with van der Waals surface area (Å²) in [7, 11) is 0. The normalized spacial score (nSPS) is 10.5. The van der Waals surface area contributed by atoms with Crippen LogP contribution in [0.15, 0.2) is 24.8 Å². The number of hydrogen-bond acceptors (Lipinski definition) is 5. The van der Waals surface area contributed by atoms with Gasteiger partial charge in [0.2, 0.25) is 0 Å². The molecule has 0 saturated carbocycles. The van der Waals surface area contributed by atoms with Crippen LogP contribution in [0.5, 0.6) is 0 Å². The molecular formula is C12H14Cl3N5. The molecule has 2 aromatic heterocycles. The van der Waals surface area contributed by atoms with Crippen LogP contribution in [0.25, 0.3) is 0 Å². The van der Waals surface area contributed by atoms with Crippen molar-refractivity contribution in [2.24, 2.45) is 0 Å². The first kappa shape index (κ1) is 16.9. The Balaban J connectivity index is 0.000000217. The van der Waals surface area contributed by atoms with E-state index in [4.69, 9.17) is 34.8 Å². The number of nitrogens with one attached hydrogen (secondary N) is 1. The summed E-state index contributed by atoms with van der Waals surface area (Å²) in [5, 5.41) is 4.20. The standard InChI is InChI=1S/C8H12ClN3.C4H2Cl2N2/c1-8(2,3)12-7-5-10-4-6(9)11-7;5-3-1-7-2-4(6)8-3/h4-5H,1-3H3,(H,11,12);1-2H. The summed E-state index contributed by atoms with van der Waals surface area (Å²) in [5.74, 6) is 0.704. The van der Waals surface area contributed by atoms with E-state index < -0.39 is 0 Å². The predicted molar refractivity (Wildman–Crippen MR) is 82.5 cm³/mol. The summed E-state index contributed by atoms with van der Waals surface area (Å²) in [6, 6.07) is 0. The average molecular weight is 335 g/mol. The molecule has 0 spiro atoms. The van der Waals surface area contributed by atoms with Crippen LogP contribution in [0.2, 0.25) is 15.5 Å². The molecule has 0 radical (unpaired) electrons. The van der Waals surface area contributed by atoms with Gasteiger partial charge in [-0.05, 0) is 20.8 Å². The van der Waals surface area contributed by atoms with Crippen LogP contribution in [-0.4, -0.2) is 25.5 Å². The Kier molecular flexibility index (Phi) is 6.39. The van der Waals surface area contributed by atoms with Gasteiger partial charge in [-0.2, -0.15) is 0 Å². The molecule has 1 N–H and O–H groups in total. The van der Waals surface area contributed by atoms with E-state index in [1.54, 1.807) is 6.20 Å². The van der Waals surface area contributed by atoms with Gasteiger partial charge in [0.25, 0.3) is 0 Å². The van der Waals surface area contributed by atoms with E-state index in [0.29, 0.717) is 21.3 Å². The summed E-state index contributed by atoms with van der Waals surface area (Å²) in [6.07, 6.45) is 6.01. The fourth-order valence-electron chi connectivity index (χ4n) is 1.11. The van der Waals surface area contributed by atoms with Crippen molar-refractivity contribution >= 4 is 40.6 Å². The van der Waals surface area contributed by atoms with Gasteiger partial charge in [-0.1, -0.05) is 34.8 Å². The number of hydrogen-bond donors (Lipinski definition) is 1. The van der Waals surface area contributed by atoms with Crippen molar-refractivity contribution < 1.29 is 0 Å². The van der Waals surface area contributed by atoms with Crippen LogP contribution in [-0.2, 0) is 0 Å². The molecule has 20 heavy (non-hydrogen) atoms. The van der Waals surface area contributed by atoms with Gasteiger partial charge >= 0.3 is 0 Å². The molecule has 0 amide bonds. The molecule has 0 aliphatic heterocycles. The van der Waals surface area contributed by atoms with Gasteiger partial charge in [0.05, 0.1) is 24.8 Å². The Labute approximate surface area is 132 Å². The molecule has 0 aromatic carbocycles. The van der Waals surface area contributed by atoms with Crippen molar-refractivity contribution in [1.29, 1.82) is 0 Å². The third-order valence-corrected chi connectivity index (χ3v) is 2.23. The quantitative estimate of drug-likeness (QED) is 0.849. The topological polar surface area (TPSA) is 63.6 Å². The minimum Gasteiger partial charge on any atom is -0.364 e. The molecule has 0 fully saturated rings. The molecule has 2 heterocycles. The lowest BCUT2D eigenvalue weighted by molar-refractivity contribution is 0.630. The first-order valence-electron chi connectivity index (χ1n) is 5.65. The number of halogens is 3. The van der Waals surface area contributed by atoms with Gasteiger partial charge in [0.1, 0.15) is 21.3 Å². The molecule has 0 atom stereocenters. The lowest BCUT2D eigenvalue weighted by atomic mass is 10.1. The van der Waals surface area contributed by atoms with Gasteiger partial charge in [0.15, 0.2) is 0 Å². The second kappa shape index (κ2) is 7.57. The third kappa shape index (κ3) is 7.43. The number of anilines is 1. The van der Waals surface area contributed by atoms with E-state index >= 15 is 0 Å². The highest BCUT2D eigenvalue weighted by Gasteiger charge is 2.09. The second-order valence-corrected chi connectivity index (χ2v) is 5.93. The van der Waals surface area contributed by atoms with Crippen LogP contribution in [0.3, 0.4) is 0 Å². The van der Waals surface area contributed by atoms with Crippen molar-refractivity contribution in [3.05, 3.63) is 40.2 Å². The zero-order chi connectivity index (χ0) is 15.2. The minimum absolute atomic E-state index is 0.0145. The monoisotopic (exact) mass is 333 g/mol. The highest BCUT2D eigenvalue weighted by Crippen LogP contribution is 2.12. The Bertz CT molecular complexity index is 540. The first-order valence-corrected chi connectivity index (χ1v) is 6.78. The second-order valence-electron chi connectivity index (χ2n) is 4.77. The summed E-state index contributed by atoms with van der Waals surface area (Å²) < 4.78 is 0. The van der Waals surface area contributed by atoms with Crippen LogP contribution in [0.1, 0.15) is 20.8 Å². The molecule has 0 aliphatic carbocycles. The molecule has 2 aromatic rings. The van der Waals surface area contributed by atoms with Gasteiger partial charge < -0.3 is 5.32 Å². The number of rotatable bonds is 1. The summed E-state index contributed by atoms with van der Waals surface area (Å²) in [6.45, 7) is 6.15. The Morgan fingerprint density at radius 3 is 1.60 bits per heavy atom. The molecule has 0 saturated heterocycles. The molecule has 5 nitrogen and oxygen atoms in total. The fraction of sp³-hybridized carbons (Fsp3) is 0.333. The molecule has 0 unspecified atom stereocenters. The van der Waals surface area contributed by atoms with Crippen LogP contribution >= 0.6 is 34.8 Å². The number of nitrogens with zero attached hydrogens (tertiary/aromatic N) is 4. The van der Waals surface area contributed by atoms with Crippen molar-refractivity contribution in [2.75, 3.05) is 5.32 Å². The fourth-order valence-corrected chi connectivity index (χ4v) is 1.59. The van der Waals surface area contributed by atoms with Gasteiger partial charge in [-0.25, -0.2) is 9.97 Å². The van der Waals surface area contributed by atoms with Crippen molar-refractivity contribution in [3.8, 4) is 0 Å². The Hall–Kier alpha value is -1.17. The smallest absolute Gasteiger partial charge is 0.149 e. The lowest BCUT2D eigenvalue weighted by Crippen LogP contribution is -2.26. The largest absolute Gasteiger partial charge is 0.364 e. The predicted octanol–water partition coefficient (Wildman–Crippen LogP) is 4.12. The number of aromatic nitrogens is 4. The van der Waals surface area contributed by atoms with E-state index in [-0.39, 0.29) is 5.54 Å². The highest BCUT2D eigenvalue weighted by atomic mass is 35.5. The van der Waals surface area contributed by atoms with E-state index in [2.05, 4.69) is 46.0 Å². The maximum Gasteiger partial charge on any atom is 0.149 e. The average Bonchev–Trinajstić information content (AvgIpc) is 2.26. The molecule has 108 valence electrons. The zero-order valence-electron chi connectivity index (χ0n) is 11.2. The Morgan fingerprint density at radius 1 is 0.800 bits per heavy atom. The van der Waals surface area contributed by atoms with E-state index in [9.17, 15) is 0 Å². The van der Waals surface area contributed by atoms with Gasteiger partial charge in [-0.3, -0.25) is 9.97 Å². The zero-order valence-corrected chi connectivity index (χ0v) is 13.5. The third-order valence-electron chi connectivity index (χ3n) is 1.68. The van der Waals surface area contributed by atoms with Gasteiger partial charge in [-0.15, -0.1) is 0 Å².